The quantitative estimate of drug-likeness (QED) is 0.617. The number of nitrogens with zero attached hydrogens (tertiary/aromatic N) is 1. The third-order valence-corrected chi connectivity index (χ3v) is 3.38. The Morgan fingerprint density at radius 2 is 1.93 bits per heavy atom. The topological polar surface area (TPSA) is 15.3 Å². The normalized spacial score (nSPS) is 21.6. The molecule has 0 bridgehead atoms. The van der Waals surface area contributed by atoms with Gasteiger partial charge in [0.1, 0.15) is 0 Å². The maximum Gasteiger partial charge on any atom is 0.0110 e. The maximum absolute atomic E-state index is 3.55. The molecule has 2 rings (SSSR count). The fraction of sp³-hybridized carbons (Fsp3) is 1.00. The van der Waals surface area contributed by atoms with Crippen LogP contribution in [0.3, 0.4) is 0 Å². The van der Waals surface area contributed by atoms with Crippen molar-refractivity contribution < 1.29 is 0 Å². The predicted octanol–water partition coefficient (Wildman–Crippen LogP) is 2.11. The molecule has 0 aromatic carbocycles. The zero-order chi connectivity index (χ0) is 10.7. The first-order chi connectivity index (χ1) is 7.25. The summed E-state index contributed by atoms with van der Waals surface area (Å²) in [7, 11) is 0. The Morgan fingerprint density at radius 3 is 2.47 bits per heavy atom. The van der Waals surface area contributed by atoms with Crippen LogP contribution >= 0.6 is 0 Å². The third-order valence-electron chi connectivity index (χ3n) is 3.38. The van der Waals surface area contributed by atoms with E-state index in [1.165, 1.54) is 51.9 Å². The van der Waals surface area contributed by atoms with Crippen molar-refractivity contribution >= 4 is 0 Å². The van der Waals surface area contributed by atoms with Crippen molar-refractivity contribution in [3.63, 3.8) is 0 Å². The van der Waals surface area contributed by atoms with Gasteiger partial charge in [0.2, 0.25) is 0 Å². The second kappa shape index (κ2) is 5.31. The number of rotatable bonds is 8. The molecule has 0 heterocycles. The highest BCUT2D eigenvalue weighted by atomic mass is 15.2. The molecule has 2 aliphatic rings. The fourth-order valence-electron chi connectivity index (χ4n) is 2.11. The first kappa shape index (κ1) is 11.4. The molecule has 0 spiro atoms. The number of nitrogens with one attached hydrogen (secondary N) is 1. The lowest BCUT2D eigenvalue weighted by Crippen LogP contribution is -2.36. The number of hydrogen-bond acceptors (Lipinski definition) is 2. The van der Waals surface area contributed by atoms with Gasteiger partial charge in [-0.05, 0) is 44.1 Å². The Kier molecular flexibility index (Phi) is 4.04. The van der Waals surface area contributed by atoms with Crippen LogP contribution in [0.25, 0.3) is 0 Å². The first-order valence-corrected chi connectivity index (χ1v) is 6.70. The average molecular weight is 210 g/mol. The van der Waals surface area contributed by atoms with Crippen molar-refractivity contribution in [3.8, 4) is 0 Å². The van der Waals surface area contributed by atoms with Crippen molar-refractivity contribution in [1.82, 2.24) is 10.2 Å². The molecule has 88 valence electrons. The Labute approximate surface area is 94.4 Å². The van der Waals surface area contributed by atoms with Gasteiger partial charge in [0.05, 0.1) is 0 Å². The summed E-state index contributed by atoms with van der Waals surface area (Å²) in [5.41, 5.74) is 0. The molecule has 0 aromatic rings. The molecule has 0 saturated heterocycles. The van der Waals surface area contributed by atoms with E-state index >= 15 is 0 Å². The zero-order valence-electron chi connectivity index (χ0n) is 10.3. The van der Waals surface area contributed by atoms with Crippen LogP contribution in [-0.4, -0.2) is 37.1 Å². The highest BCUT2D eigenvalue weighted by Gasteiger charge is 2.32. The van der Waals surface area contributed by atoms with Gasteiger partial charge in [-0.15, -0.1) is 0 Å². The van der Waals surface area contributed by atoms with E-state index in [9.17, 15) is 0 Å². The second-order valence-corrected chi connectivity index (χ2v) is 5.77. The molecule has 2 fully saturated rings. The lowest BCUT2D eigenvalue weighted by atomic mass is 10.2. The van der Waals surface area contributed by atoms with Crippen LogP contribution in [0, 0.1) is 11.8 Å². The van der Waals surface area contributed by atoms with Gasteiger partial charge in [0, 0.05) is 25.7 Å². The van der Waals surface area contributed by atoms with E-state index in [1.54, 1.807) is 0 Å². The highest BCUT2D eigenvalue weighted by molar-refractivity contribution is 4.88. The second-order valence-electron chi connectivity index (χ2n) is 5.77. The lowest BCUT2D eigenvalue weighted by Gasteiger charge is -2.22. The van der Waals surface area contributed by atoms with Gasteiger partial charge in [-0.3, -0.25) is 4.90 Å². The summed E-state index contributed by atoms with van der Waals surface area (Å²) >= 11 is 0. The molecule has 2 nitrogen and oxygen atoms in total. The summed E-state index contributed by atoms with van der Waals surface area (Å²) in [4.78, 5) is 2.73. The lowest BCUT2D eigenvalue weighted by molar-refractivity contribution is 0.251. The van der Waals surface area contributed by atoms with Crippen molar-refractivity contribution in [3.05, 3.63) is 0 Å². The average Bonchev–Trinajstić information content (AvgIpc) is 3.00. The van der Waals surface area contributed by atoms with Crippen LogP contribution in [0.1, 0.15) is 39.5 Å². The predicted molar refractivity (Wildman–Crippen MR) is 65.0 cm³/mol. The molecule has 2 aliphatic carbocycles. The Hall–Kier alpha value is -0.0800. The molecule has 15 heavy (non-hydrogen) atoms. The Morgan fingerprint density at radius 1 is 1.20 bits per heavy atom. The van der Waals surface area contributed by atoms with Gasteiger partial charge >= 0.3 is 0 Å². The minimum absolute atomic E-state index is 0.780. The summed E-state index contributed by atoms with van der Waals surface area (Å²) in [6, 6.07) is 0.950. The van der Waals surface area contributed by atoms with Crippen molar-refractivity contribution in [2.75, 3.05) is 26.2 Å². The Bertz CT molecular complexity index is 183. The van der Waals surface area contributed by atoms with E-state index in [0.29, 0.717) is 0 Å². The van der Waals surface area contributed by atoms with Gasteiger partial charge in [-0.2, -0.15) is 0 Å². The first-order valence-electron chi connectivity index (χ1n) is 6.70. The molecule has 0 amide bonds. The molecule has 0 aromatic heterocycles. The summed E-state index contributed by atoms with van der Waals surface area (Å²) in [6.07, 6.45) is 5.89. The number of hydrogen-bond donors (Lipinski definition) is 1. The largest absolute Gasteiger partial charge is 0.315 e. The zero-order valence-corrected chi connectivity index (χ0v) is 10.3. The smallest absolute Gasteiger partial charge is 0.0110 e. The SMILES string of the molecule is CC(C)CNCCN(CC1CC1)C1CC1. The molecule has 0 unspecified atom stereocenters. The summed E-state index contributed by atoms with van der Waals surface area (Å²) in [5, 5.41) is 3.55. The van der Waals surface area contributed by atoms with E-state index in [-0.39, 0.29) is 0 Å². The van der Waals surface area contributed by atoms with Crippen LogP contribution in [0.2, 0.25) is 0 Å². The monoisotopic (exact) mass is 210 g/mol. The maximum atomic E-state index is 3.55. The summed E-state index contributed by atoms with van der Waals surface area (Å²) < 4.78 is 0. The van der Waals surface area contributed by atoms with E-state index in [0.717, 1.165) is 17.9 Å². The van der Waals surface area contributed by atoms with Crippen LogP contribution in [0.15, 0.2) is 0 Å². The van der Waals surface area contributed by atoms with Crippen molar-refractivity contribution in [2.45, 2.75) is 45.6 Å². The van der Waals surface area contributed by atoms with E-state index in [2.05, 4.69) is 24.1 Å². The van der Waals surface area contributed by atoms with Gasteiger partial charge in [-0.1, -0.05) is 13.8 Å². The summed E-state index contributed by atoms with van der Waals surface area (Å²) in [6.45, 7) is 9.55. The van der Waals surface area contributed by atoms with Crippen LogP contribution in [0.4, 0.5) is 0 Å². The highest BCUT2D eigenvalue weighted by Crippen LogP contribution is 2.34. The van der Waals surface area contributed by atoms with Crippen LogP contribution in [-0.2, 0) is 0 Å². The molecule has 1 N–H and O–H groups in total. The standard InChI is InChI=1S/C13H26N2/c1-11(2)9-14-7-8-15(13-5-6-13)10-12-3-4-12/h11-14H,3-10H2,1-2H3. The molecule has 0 radical (unpaired) electrons. The molecule has 2 heteroatoms. The van der Waals surface area contributed by atoms with Gasteiger partial charge in [0.15, 0.2) is 0 Å². The molecular weight excluding hydrogens is 184 g/mol. The van der Waals surface area contributed by atoms with Crippen LogP contribution < -0.4 is 5.32 Å². The van der Waals surface area contributed by atoms with Crippen molar-refractivity contribution in [2.24, 2.45) is 11.8 Å². The minimum Gasteiger partial charge on any atom is -0.315 e. The van der Waals surface area contributed by atoms with Crippen molar-refractivity contribution in [1.29, 1.82) is 0 Å². The van der Waals surface area contributed by atoms with Gasteiger partial charge in [0.25, 0.3) is 0 Å². The fourth-order valence-corrected chi connectivity index (χ4v) is 2.11. The Balaban J connectivity index is 1.56. The van der Waals surface area contributed by atoms with E-state index in [4.69, 9.17) is 0 Å². The van der Waals surface area contributed by atoms with Gasteiger partial charge < -0.3 is 5.32 Å². The van der Waals surface area contributed by atoms with E-state index < -0.39 is 0 Å². The summed E-state index contributed by atoms with van der Waals surface area (Å²) in [5.74, 6) is 1.83. The minimum atomic E-state index is 0.780. The molecule has 2 saturated carbocycles. The third kappa shape index (κ3) is 4.52. The molecule has 0 aliphatic heterocycles. The van der Waals surface area contributed by atoms with E-state index in [1.807, 2.05) is 0 Å². The molecule has 0 atom stereocenters. The van der Waals surface area contributed by atoms with Crippen LogP contribution in [0.5, 0.6) is 0 Å². The van der Waals surface area contributed by atoms with Gasteiger partial charge in [-0.25, -0.2) is 0 Å². The molecular formula is C13H26N2.